The Bertz CT molecular complexity index is 1260. The van der Waals surface area contributed by atoms with E-state index in [1.165, 1.54) is 4.90 Å². The Morgan fingerprint density at radius 1 is 0.576 bits per heavy atom. The largest absolute Gasteiger partial charge is 0.298 e. The SMILES string of the molecule is CC12C(=O)C(C)(C(c3ccccc3)=C1c1ccccc1)C1C(=O)N(c3ccccc3)C(=O)C12. The Hall–Kier alpha value is -3.79. The van der Waals surface area contributed by atoms with Gasteiger partial charge in [-0.25, -0.2) is 4.90 Å². The van der Waals surface area contributed by atoms with Crippen LogP contribution in [-0.2, 0) is 14.4 Å². The van der Waals surface area contributed by atoms with Crippen molar-refractivity contribution >= 4 is 34.4 Å². The molecule has 2 amide bonds. The second-order valence-corrected chi connectivity index (χ2v) is 9.52. The van der Waals surface area contributed by atoms with E-state index in [0.717, 1.165) is 22.3 Å². The van der Waals surface area contributed by atoms with E-state index in [-0.39, 0.29) is 17.6 Å². The first-order valence-electron chi connectivity index (χ1n) is 11.3. The summed E-state index contributed by atoms with van der Waals surface area (Å²) in [6.45, 7) is 3.74. The second-order valence-electron chi connectivity index (χ2n) is 9.52. The highest BCUT2D eigenvalue weighted by atomic mass is 16.2. The third-order valence-electron chi connectivity index (χ3n) is 7.92. The van der Waals surface area contributed by atoms with Crippen LogP contribution in [0.1, 0.15) is 25.0 Å². The molecule has 0 radical (unpaired) electrons. The van der Waals surface area contributed by atoms with Crippen LogP contribution in [0.25, 0.3) is 11.1 Å². The van der Waals surface area contributed by atoms with E-state index in [2.05, 4.69) is 0 Å². The molecule has 4 heteroatoms. The van der Waals surface area contributed by atoms with Crippen molar-refractivity contribution in [3.63, 3.8) is 0 Å². The molecule has 1 heterocycles. The minimum absolute atomic E-state index is 0.0304. The molecule has 162 valence electrons. The first-order chi connectivity index (χ1) is 15.9. The van der Waals surface area contributed by atoms with E-state index in [4.69, 9.17) is 0 Å². The Balaban J connectivity index is 1.64. The molecule has 3 aliphatic rings. The van der Waals surface area contributed by atoms with E-state index in [1.54, 1.807) is 12.1 Å². The van der Waals surface area contributed by atoms with Gasteiger partial charge in [-0.1, -0.05) is 78.9 Å². The van der Waals surface area contributed by atoms with Crippen molar-refractivity contribution in [2.24, 2.45) is 22.7 Å². The zero-order chi connectivity index (χ0) is 23.0. The van der Waals surface area contributed by atoms with Crippen molar-refractivity contribution in [3.8, 4) is 0 Å². The maximum absolute atomic E-state index is 14.2. The summed E-state index contributed by atoms with van der Waals surface area (Å²) in [6, 6.07) is 28.7. The molecule has 4 nitrogen and oxygen atoms in total. The highest BCUT2D eigenvalue weighted by Crippen LogP contribution is 2.73. The van der Waals surface area contributed by atoms with Gasteiger partial charge in [0.1, 0.15) is 0 Å². The molecule has 0 spiro atoms. The van der Waals surface area contributed by atoms with E-state index >= 15 is 0 Å². The van der Waals surface area contributed by atoms with Crippen LogP contribution in [0.3, 0.4) is 0 Å². The number of rotatable bonds is 3. The number of amides is 2. The molecule has 1 saturated carbocycles. The highest BCUT2D eigenvalue weighted by molar-refractivity contribution is 6.34. The predicted molar refractivity (Wildman–Crippen MR) is 127 cm³/mol. The van der Waals surface area contributed by atoms with Crippen LogP contribution in [0.2, 0.25) is 0 Å². The van der Waals surface area contributed by atoms with Crippen LogP contribution in [0.15, 0.2) is 91.0 Å². The normalized spacial score (nSPS) is 30.4. The highest BCUT2D eigenvalue weighted by Gasteiger charge is 2.78. The van der Waals surface area contributed by atoms with Gasteiger partial charge in [0.2, 0.25) is 11.8 Å². The smallest absolute Gasteiger partial charge is 0.239 e. The summed E-state index contributed by atoms with van der Waals surface area (Å²) in [6.07, 6.45) is 0. The van der Waals surface area contributed by atoms with Crippen molar-refractivity contribution in [2.45, 2.75) is 13.8 Å². The number of nitrogens with zero attached hydrogens (tertiary/aromatic N) is 1. The average Bonchev–Trinajstić information content (AvgIpc) is 3.30. The fourth-order valence-electron chi connectivity index (χ4n) is 6.64. The van der Waals surface area contributed by atoms with Gasteiger partial charge in [-0.15, -0.1) is 0 Å². The maximum Gasteiger partial charge on any atom is 0.239 e. The number of carbonyl (C=O) groups excluding carboxylic acids is 3. The Morgan fingerprint density at radius 2 is 0.939 bits per heavy atom. The summed E-state index contributed by atoms with van der Waals surface area (Å²) < 4.78 is 0. The van der Waals surface area contributed by atoms with Gasteiger partial charge in [-0.2, -0.15) is 0 Å². The fourth-order valence-corrected chi connectivity index (χ4v) is 6.64. The van der Waals surface area contributed by atoms with Gasteiger partial charge < -0.3 is 0 Å². The molecule has 1 saturated heterocycles. The van der Waals surface area contributed by atoms with Gasteiger partial charge in [0.15, 0.2) is 5.78 Å². The van der Waals surface area contributed by atoms with Gasteiger partial charge in [0.25, 0.3) is 0 Å². The lowest BCUT2D eigenvalue weighted by Gasteiger charge is -2.35. The Morgan fingerprint density at radius 3 is 1.33 bits per heavy atom. The number of allylic oxidation sites excluding steroid dienone is 2. The number of carbonyl (C=O) groups is 3. The Kier molecular flexibility index (Phi) is 3.98. The zero-order valence-electron chi connectivity index (χ0n) is 18.5. The van der Waals surface area contributed by atoms with Gasteiger partial charge in [0, 0.05) is 0 Å². The van der Waals surface area contributed by atoms with Crippen LogP contribution in [0, 0.1) is 22.7 Å². The minimum atomic E-state index is -1.08. The molecule has 6 rings (SSSR count). The molecule has 0 aromatic heterocycles. The molecule has 3 aromatic rings. The molecule has 33 heavy (non-hydrogen) atoms. The number of imide groups is 1. The summed E-state index contributed by atoms with van der Waals surface area (Å²) in [7, 11) is 0. The number of Topliss-reactive ketones (excluding diaryl/α,β-unsaturated/α-hetero) is 1. The molecule has 1 aliphatic heterocycles. The lowest BCUT2D eigenvalue weighted by atomic mass is 9.63. The quantitative estimate of drug-likeness (QED) is 0.546. The minimum Gasteiger partial charge on any atom is -0.298 e. The molecular weight excluding hydrogens is 410 g/mol. The maximum atomic E-state index is 14.2. The number of hydrogen-bond acceptors (Lipinski definition) is 3. The van der Waals surface area contributed by atoms with E-state index < -0.39 is 22.7 Å². The van der Waals surface area contributed by atoms with Gasteiger partial charge >= 0.3 is 0 Å². The summed E-state index contributed by atoms with van der Waals surface area (Å²) in [5.41, 5.74) is 1.99. The molecule has 0 N–H and O–H groups in total. The van der Waals surface area contributed by atoms with Crippen molar-refractivity contribution in [3.05, 3.63) is 102 Å². The summed E-state index contributed by atoms with van der Waals surface area (Å²) in [5.74, 6) is -2.03. The molecular formula is C29H23NO3. The van der Waals surface area contributed by atoms with Crippen LogP contribution in [0.5, 0.6) is 0 Å². The van der Waals surface area contributed by atoms with E-state index in [0.29, 0.717) is 5.69 Å². The molecule has 3 aromatic carbocycles. The van der Waals surface area contributed by atoms with Crippen molar-refractivity contribution in [1.29, 1.82) is 0 Å². The number of para-hydroxylation sites is 1. The predicted octanol–water partition coefficient (Wildman–Crippen LogP) is 5.01. The van der Waals surface area contributed by atoms with Crippen LogP contribution >= 0.6 is 0 Å². The van der Waals surface area contributed by atoms with Crippen LogP contribution < -0.4 is 4.90 Å². The first kappa shape index (κ1) is 19.9. The first-order valence-corrected chi connectivity index (χ1v) is 11.3. The lowest BCUT2D eigenvalue weighted by molar-refractivity contribution is -0.133. The molecule has 4 unspecified atom stereocenters. The summed E-state index contributed by atoms with van der Waals surface area (Å²) in [4.78, 5) is 43.1. The summed E-state index contributed by atoms with van der Waals surface area (Å²) in [5, 5.41) is 0. The average molecular weight is 434 g/mol. The molecule has 2 fully saturated rings. The topological polar surface area (TPSA) is 54.5 Å². The third kappa shape index (κ3) is 2.28. The second kappa shape index (κ2) is 6.61. The summed E-state index contributed by atoms with van der Waals surface area (Å²) >= 11 is 0. The van der Waals surface area contributed by atoms with Crippen LogP contribution in [-0.4, -0.2) is 17.6 Å². The van der Waals surface area contributed by atoms with E-state index in [1.807, 2.05) is 92.7 Å². The fraction of sp³-hybridized carbons (Fsp3) is 0.207. The van der Waals surface area contributed by atoms with Gasteiger partial charge in [-0.3, -0.25) is 14.4 Å². The number of benzene rings is 3. The van der Waals surface area contributed by atoms with Gasteiger partial charge in [0.05, 0.1) is 28.4 Å². The molecule has 2 bridgehead atoms. The number of hydrogen-bond donors (Lipinski definition) is 0. The standard InChI is InChI=1S/C29H23NO3/c1-28-21(18-12-6-3-7-13-18)22(19-14-8-4-9-15-19)29(2,27(28)33)24-23(28)25(31)30(26(24)32)20-16-10-5-11-17-20/h3-17,23-24H,1-2H3. The number of ketones is 1. The number of fused-ring (bicyclic) bond motifs is 5. The Labute approximate surface area is 192 Å². The van der Waals surface area contributed by atoms with Crippen molar-refractivity contribution in [1.82, 2.24) is 0 Å². The third-order valence-corrected chi connectivity index (χ3v) is 7.92. The monoisotopic (exact) mass is 433 g/mol. The molecule has 2 aliphatic carbocycles. The van der Waals surface area contributed by atoms with Crippen LogP contribution in [0.4, 0.5) is 5.69 Å². The van der Waals surface area contributed by atoms with E-state index in [9.17, 15) is 14.4 Å². The molecule has 4 atom stereocenters. The number of anilines is 1. The van der Waals surface area contributed by atoms with Crippen molar-refractivity contribution < 1.29 is 14.4 Å². The lowest BCUT2D eigenvalue weighted by Crippen LogP contribution is -2.40. The van der Waals surface area contributed by atoms with Gasteiger partial charge in [-0.05, 0) is 48.3 Å². The zero-order valence-corrected chi connectivity index (χ0v) is 18.5. The van der Waals surface area contributed by atoms with Crippen molar-refractivity contribution in [2.75, 3.05) is 4.90 Å².